The second-order valence-electron chi connectivity index (χ2n) is 6.40. The van der Waals surface area contributed by atoms with Crippen molar-refractivity contribution < 1.29 is 0 Å². The Kier molecular flexibility index (Phi) is 4.43. The van der Waals surface area contributed by atoms with E-state index in [1.165, 1.54) is 5.56 Å². The fraction of sp³-hybridized carbons (Fsp3) is 0.316. The Balaban J connectivity index is 1.36. The lowest BCUT2D eigenvalue weighted by Gasteiger charge is -2.35. The summed E-state index contributed by atoms with van der Waals surface area (Å²) in [7, 11) is 0. The van der Waals surface area contributed by atoms with Gasteiger partial charge in [0.1, 0.15) is 0 Å². The predicted molar refractivity (Wildman–Crippen MR) is 97.8 cm³/mol. The van der Waals surface area contributed by atoms with Gasteiger partial charge in [0.15, 0.2) is 11.6 Å². The summed E-state index contributed by atoms with van der Waals surface area (Å²) in [6.07, 6.45) is 1.90. The number of rotatable bonds is 4. The van der Waals surface area contributed by atoms with Gasteiger partial charge in [-0.15, -0.1) is 10.2 Å². The van der Waals surface area contributed by atoms with E-state index in [1.807, 2.05) is 31.3 Å². The van der Waals surface area contributed by atoms with Crippen molar-refractivity contribution in [2.24, 2.45) is 0 Å². The van der Waals surface area contributed by atoms with E-state index in [1.54, 1.807) is 4.68 Å². The molecule has 2 aromatic heterocycles. The SMILES string of the molecule is Cc1ccn(-c2ccc(N3CCN(Cc4ccccc4)CC3)nn2)n1. The molecule has 0 amide bonds. The summed E-state index contributed by atoms with van der Waals surface area (Å²) in [5.41, 5.74) is 2.34. The molecule has 4 rings (SSSR count). The standard InChI is InChI=1S/C19H22N6/c1-16-9-10-25(22-16)19-8-7-18(20-21-19)24-13-11-23(12-14-24)15-17-5-3-2-4-6-17/h2-10H,11-15H2,1H3. The molecule has 0 aliphatic carbocycles. The number of hydrogen-bond donors (Lipinski definition) is 0. The molecule has 0 bridgehead atoms. The summed E-state index contributed by atoms with van der Waals surface area (Å²) in [4.78, 5) is 4.78. The quantitative estimate of drug-likeness (QED) is 0.733. The van der Waals surface area contributed by atoms with Crippen LogP contribution < -0.4 is 4.90 Å². The van der Waals surface area contributed by atoms with E-state index < -0.39 is 0 Å². The molecule has 128 valence electrons. The summed E-state index contributed by atoms with van der Waals surface area (Å²) >= 11 is 0. The summed E-state index contributed by atoms with van der Waals surface area (Å²) in [5, 5.41) is 13.1. The molecule has 1 aromatic carbocycles. The fourth-order valence-corrected chi connectivity index (χ4v) is 3.13. The van der Waals surface area contributed by atoms with Crippen LogP contribution in [0, 0.1) is 6.92 Å². The van der Waals surface area contributed by atoms with Crippen LogP contribution in [0.1, 0.15) is 11.3 Å². The maximum absolute atomic E-state index is 4.39. The van der Waals surface area contributed by atoms with Crippen molar-refractivity contribution in [3.8, 4) is 5.82 Å². The zero-order valence-electron chi connectivity index (χ0n) is 14.4. The largest absolute Gasteiger partial charge is 0.353 e. The van der Waals surface area contributed by atoms with Crippen LogP contribution in [-0.2, 0) is 6.54 Å². The minimum Gasteiger partial charge on any atom is -0.353 e. The molecule has 0 radical (unpaired) electrons. The van der Waals surface area contributed by atoms with Crippen LogP contribution in [0.4, 0.5) is 5.82 Å². The molecule has 1 fully saturated rings. The van der Waals surface area contributed by atoms with Crippen LogP contribution in [0.5, 0.6) is 0 Å². The van der Waals surface area contributed by atoms with Crippen molar-refractivity contribution >= 4 is 5.82 Å². The minimum absolute atomic E-state index is 0.750. The molecule has 0 atom stereocenters. The first-order chi connectivity index (χ1) is 12.3. The van der Waals surface area contributed by atoms with Gasteiger partial charge in [0.25, 0.3) is 0 Å². The molecule has 6 heteroatoms. The lowest BCUT2D eigenvalue weighted by Crippen LogP contribution is -2.46. The number of hydrogen-bond acceptors (Lipinski definition) is 5. The van der Waals surface area contributed by atoms with Gasteiger partial charge in [-0.1, -0.05) is 30.3 Å². The second-order valence-corrected chi connectivity index (χ2v) is 6.40. The summed E-state index contributed by atoms with van der Waals surface area (Å²) < 4.78 is 1.75. The Hall–Kier alpha value is -2.73. The predicted octanol–water partition coefficient (Wildman–Crippen LogP) is 2.29. The zero-order chi connectivity index (χ0) is 17.1. The van der Waals surface area contributed by atoms with Crippen LogP contribution in [0.3, 0.4) is 0 Å². The number of anilines is 1. The van der Waals surface area contributed by atoms with Crippen molar-refractivity contribution in [3.63, 3.8) is 0 Å². The molecule has 3 heterocycles. The highest BCUT2D eigenvalue weighted by Crippen LogP contribution is 2.15. The smallest absolute Gasteiger partial charge is 0.175 e. The lowest BCUT2D eigenvalue weighted by molar-refractivity contribution is 0.249. The topological polar surface area (TPSA) is 50.1 Å². The third kappa shape index (κ3) is 3.69. The van der Waals surface area contributed by atoms with Gasteiger partial charge < -0.3 is 4.90 Å². The lowest BCUT2D eigenvalue weighted by atomic mass is 10.2. The van der Waals surface area contributed by atoms with E-state index >= 15 is 0 Å². The number of aryl methyl sites for hydroxylation is 1. The van der Waals surface area contributed by atoms with Gasteiger partial charge in [-0.3, -0.25) is 4.90 Å². The first-order valence-corrected chi connectivity index (χ1v) is 8.65. The van der Waals surface area contributed by atoms with Crippen LogP contribution in [-0.4, -0.2) is 51.1 Å². The van der Waals surface area contributed by atoms with Gasteiger partial charge in [-0.25, -0.2) is 4.68 Å². The molecular weight excluding hydrogens is 312 g/mol. The fourth-order valence-electron chi connectivity index (χ4n) is 3.13. The molecule has 0 saturated carbocycles. The number of aromatic nitrogens is 4. The first kappa shape index (κ1) is 15.8. The Labute approximate surface area is 147 Å². The van der Waals surface area contributed by atoms with Gasteiger partial charge in [-0.05, 0) is 30.7 Å². The van der Waals surface area contributed by atoms with E-state index in [2.05, 4.69) is 55.4 Å². The normalized spacial score (nSPS) is 15.5. The van der Waals surface area contributed by atoms with Crippen molar-refractivity contribution in [1.29, 1.82) is 0 Å². The Bertz CT molecular complexity index is 803. The number of benzene rings is 1. The van der Waals surface area contributed by atoms with Crippen LogP contribution in [0.25, 0.3) is 5.82 Å². The summed E-state index contributed by atoms with van der Waals surface area (Å²) in [5.74, 6) is 1.69. The highest BCUT2D eigenvalue weighted by molar-refractivity contribution is 5.40. The van der Waals surface area contributed by atoms with Gasteiger partial charge in [0.05, 0.1) is 5.69 Å². The maximum Gasteiger partial charge on any atom is 0.175 e. The van der Waals surface area contributed by atoms with Gasteiger partial charge in [0.2, 0.25) is 0 Å². The van der Waals surface area contributed by atoms with E-state index in [9.17, 15) is 0 Å². The Morgan fingerprint density at radius 2 is 1.56 bits per heavy atom. The molecule has 1 saturated heterocycles. The third-order valence-electron chi connectivity index (χ3n) is 4.54. The molecule has 6 nitrogen and oxygen atoms in total. The maximum atomic E-state index is 4.39. The van der Waals surface area contributed by atoms with Crippen LogP contribution in [0.2, 0.25) is 0 Å². The van der Waals surface area contributed by atoms with Crippen LogP contribution >= 0.6 is 0 Å². The molecular formula is C19H22N6. The Morgan fingerprint density at radius 3 is 2.20 bits per heavy atom. The average Bonchev–Trinajstić information content (AvgIpc) is 3.10. The van der Waals surface area contributed by atoms with Crippen molar-refractivity contribution in [2.75, 3.05) is 31.1 Å². The van der Waals surface area contributed by atoms with Crippen LogP contribution in [0.15, 0.2) is 54.7 Å². The molecule has 25 heavy (non-hydrogen) atoms. The molecule has 1 aliphatic rings. The number of nitrogens with zero attached hydrogens (tertiary/aromatic N) is 6. The van der Waals surface area contributed by atoms with E-state index in [0.29, 0.717) is 0 Å². The van der Waals surface area contributed by atoms with Crippen molar-refractivity contribution in [2.45, 2.75) is 13.5 Å². The van der Waals surface area contributed by atoms with Gasteiger partial charge in [0, 0.05) is 38.9 Å². The second kappa shape index (κ2) is 7.03. The summed E-state index contributed by atoms with van der Waals surface area (Å²) in [6.45, 7) is 7.00. The molecule has 1 aliphatic heterocycles. The first-order valence-electron chi connectivity index (χ1n) is 8.65. The average molecular weight is 334 g/mol. The van der Waals surface area contributed by atoms with Crippen molar-refractivity contribution in [3.05, 3.63) is 66.0 Å². The van der Waals surface area contributed by atoms with E-state index in [-0.39, 0.29) is 0 Å². The van der Waals surface area contributed by atoms with Gasteiger partial charge in [-0.2, -0.15) is 5.10 Å². The third-order valence-corrected chi connectivity index (χ3v) is 4.54. The summed E-state index contributed by atoms with van der Waals surface area (Å²) in [6, 6.07) is 16.6. The monoisotopic (exact) mass is 334 g/mol. The molecule has 0 unspecified atom stereocenters. The molecule has 0 spiro atoms. The number of piperazine rings is 1. The Morgan fingerprint density at radius 1 is 0.840 bits per heavy atom. The van der Waals surface area contributed by atoms with E-state index in [0.717, 1.165) is 50.1 Å². The van der Waals surface area contributed by atoms with Gasteiger partial charge >= 0.3 is 0 Å². The zero-order valence-corrected chi connectivity index (χ0v) is 14.4. The molecule has 3 aromatic rings. The van der Waals surface area contributed by atoms with Crippen molar-refractivity contribution in [1.82, 2.24) is 24.9 Å². The minimum atomic E-state index is 0.750. The molecule has 0 N–H and O–H groups in total. The van der Waals surface area contributed by atoms with E-state index in [4.69, 9.17) is 0 Å². The highest BCUT2D eigenvalue weighted by Gasteiger charge is 2.18. The highest BCUT2D eigenvalue weighted by atomic mass is 15.4.